The normalized spacial score (nSPS) is 32.8. The highest BCUT2D eigenvalue weighted by Crippen LogP contribution is 2.64. The lowest BCUT2D eigenvalue weighted by molar-refractivity contribution is -0.122. The van der Waals surface area contributed by atoms with Crippen LogP contribution in [0.4, 0.5) is 5.69 Å². The molecule has 1 aliphatic heterocycles. The summed E-state index contributed by atoms with van der Waals surface area (Å²) in [4.78, 5) is 24.5. The molecule has 2 amide bonds. The first-order chi connectivity index (χ1) is 13.7. The van der Waals surface area contributed by atoms with Crippen LogP contribution in [0.25, 0.3) is 0 Å². The van der Waals surface area contributed by atoms with Crippen LogP contribution in [0.5, 0.6) is 0 Å². The largest absolute Gasteiger partial charge is 0.326 e. The van der Waals surface area contributed by atoms with Crippen LogP contribution in [0.15, 0.2) is 34.5 Å². The van der Waals surface area contributed by atoms with Crippen LogP contribution in [0.1, 0.15) is 46.5 Å². The minimum Gasteiger partial charge on any atom is -0.326 e. The van der Waals surface area contributed by atoms with Gasteiger partial charge in [-0.05, 0) is 54.9 Å². The van der Waals surface area contributed by atoms with Gasteiger partial charge in [0.25, 0.3) is 0 Å². The van der Waals surface area contributed by atoms with E-state index in [0.29, 0.717) is 21.8 Å². The van der Waals surface area contributed by atoms with Crippen LogP contribution in [-0.4, -0.2) is 27.9 Å². The minimum atomic E-state index is -0.506. The summed E-state index contributed by atoms with van der Waals surface area (Å²) in [5, 5.41) is 15.0. The van der Waals surface area contributed by atoms with Crippen molar-refractivity contribution < 1.29 is 9.59 Å². The third-order valence-corrected chi connectivity index (χ3v) is 8.37. The van der Waals surface area contributed by atoms with Crippen LogP contribution in [0.3, 0.4) is 0 Å². The fourth-order valence-electron chi connectivity index (χ4n) is 4.69. The molecule has 2 bridgehead atoms. The van der Waals surface area contributed by atoms with Crippen molar-refractivity contribution in [1.82, 2.24) is 5.32 Å². The first-order valence-electron chi connectivity index (χ1n) is 9.87. The molecule has 1 aromatic carbocycles. The van der Waals surface area contributed by atoms with Gasteiger partial charge in [-0.3, -0.25) is 9.59 Å². The number of carbonyl (C=O) groups excluding carboxylic acids is 2. The molecule has 0 unspecified atom stereocenters. The Kier molecular flexibility index (Phi) is 5.23. The molecule has 0 spiro atoms. The quantitative estimate of drug-likeness (QED) is 0.689. The van der Waals surface area contributed by atoms with Crippen molar-refractivity contribution >= 4 is 51.7 Å². The number of benzene rings is 1. The number of rotatable bonds is 4. The second kappa shape index (κ2) is 7.43. The van der Waals surface area contributed by atoms with Gasteiger partial charge in [0.1, 0.15) is 5.25 Å². The van der Waals surface area contributed by atoms with Crippen LogP contribution in [0, 0.1) is 16.7 Å². The van der Waals surface area contributed by atoms with Crippen molar-refractivity contribution in [3.63, 3.8) is 0 Å². The Labute approximate surface area is 179 Å². The van der Waals surface area contributed by atoms with E-state index < -0.39 is 5.25 Å². The number of hydrogen-bond acceptors (Lipinski definition) is 5. The number of amidine groups is 1. The van der Waals surface area contributed by atoms with E-state index in [1.165, 1.54) is 18.2 Å². The molecule has 29 heavy (non-hydrogen) atoms. The Morgan fingerprint density at radius 2 is 2.00 bits per heavy atom. The highest BCUT2D eigenvalue weighted by molar-refractivity contribution is 8.15. The summed E-state index contributed by atoms with van der Waals surface area (Å²) >= 11 is 7.11. The van der Waals surface area contributed by atoms with E-state index >= 15 is 0 Å². The van der Waals surface area contributed by atoms with Gasteiger partial charge in [0, 0.05) is 28.3 Å². The second-order valence-electron chi connectivity index (χ2n) is 8.80. The summed E-state index contributed by atoms with van der Waals surface area (Å²) in [6, 6.07) is 6.86. The van der Waals surface area contributed by atoms with E-state index in [0.717, 1.165) is 18.6 Å². The molecule has 3 aliphatic rings. The lowest BCUT2D eigenvalue weighted by atomic mass is 9.70. The fraction of sp³-hybridized carbons (Fsp3) is 0.524. The number of amides is 2. The Balaban J connectivity index is 1.38. The number of nitrogens with zero attached hydrogens (tertiary/aromatic N) is 2. The van der Waals surface area contributed by atoms with E-state index in [4.69, 9.17) is 11.6 Å². The molecule has 0 radical (unpaired) electrons. The summed E-state index contributed by atoms with van der Waals surface area (Å²) in [5.41, 5.74) is 2.09. The predicted molar refractivity (Wildman–Crippen MR) is 118 cm³/mol. The maximum atomic E-state index is 12.3. The monoisotopic (exact) mass is 432 g/mol. The lowest BCUT2D eigenvalue weighted by Crippen LogP contribution is -2.32. The second-order valence-corrected chi connectivity index (χ2v) is 10.4. The Hall–Kier alpha value is -1.86. The first-order valence-corrected chi connectivity index (χ1v) is 11.1. The number of carbonyl (C=O) groups is 2. The number of halogens is 1. The number of fused-ring (bicyclic) bond motifs is 2. The zero-order valence-electron chi connectivity index (χ0n) is 16.8. The predicted octanol–water partition coefficient (Wildman–Crippen LogP) is 4.46. The minimum absolute atomic E-state index is 0.0710. The van der Waals surface area contributed by atoms with Crippen LogP contribution >= 0.6 is 23.4 Å². The third kappa shape index (κ3) is 3.70. The molecule has 2 aliphatic carbocycles. The number of anilines is 1. The van der Waals surface area contributed by atoms with E-state index in [2.05, 4.69) is 41.6 Å². The van der Waals surface area contributed by atoms with Crippen LogP contribution in [0.2, 0.25) is 5.02 Å². The SMILES string of the molecule is CC1(C)[C@H]2CC[C@@]1(C)/C(=N/N=C1\NC(=O)[C@H](CC(=O)Nc3ccc(Cl)cc3)S1)C2. The third-order valence-electron chi connectivity index (χ3n) is 7.05. The standard InChI is InChI=1S/C21H25ClN4O2S/c1-20(2)12-8-9-21(20,3)16(10-12)25-26-19-24-18(28)15(29-19)11-17(27)23-14-6-4-13(22)5-7-14/h4-7,12,15H,8-11H2,1-3H3,(H,23,27)(H,24,26,28)/b25-16+/t12-,15-,21-/m0/s1. The van der Waals surface area contributed by atoms with Crippen molar-refractivity contribution in [1.29, 1.82) is 0 Å². The first kappa shape index (κ1) is 20.4. The van der Waals surface area contributed by atoms with Gasteiger partial charge in [0.2, 0.25) is 11.8 Å². The van der Waals surface area contributed by atoms with Gasteiger partial charge >= 0.3 is 0 Å². The van der Waals surface area contributed by atoms with Gasteiger partial charge in [-0.1, -0.05) is 44.1 Å². The lowest BCUT2D eigenvalue weighted by Gasteiger charge is -2.34. The Bertz CT molecular complexity index is 912. The van der Waals surface area contributed by atoms with Crippen LogP contribution < -0.4 is 10.6 Å². The number of hydrogen-bond donors (Lipinski definition) is 2. The molecule has 154 valence electrons. The molecule has 6 nitrogen and oxygen atoms in total. The molecule has 1 saturated heterocycles. The van der Waals surface area contributed by atoms with Crippen molar-refractivity contribution in [2.45, 2.75) is 51.7 Å². The maximum absolute atomic E-state index is 12.3. The van der Waals surface area contributed by atoms with Gasteiger partial charge < -0.3 is 10.6 Å². The molecule has 2 N–H and O–H groups in total. The molecule has 8 heteroatoms. The smallest absolute Gasteiger partial charge is 0.240 e. The summed E-state index contributed by atoms with van der Waals surface area (Å²) in [6.45, 7) is 6.92. The van der Waals surface area contributed by atoms with E-state index in [1.807, 2.05) is 0 Å². The molecule has 1 heterocycles. The molecular weight excluding hydrogens is 408 g/mol. The summed E-state index contributed by atoms with van der Waals surface area (Å²) < 4.78 is 0. The van der Waals surface area contributed by atoms with Crippen molar-refractivity contribution in [2.75, 3.05) is 5.32 Å². The summed E-state index contributed by atoms with van der Waals surface area (Å²) in [7, 11) is 0. The summed E-state index contributed by atoms with van der Waals surface area (Å²) in [5.74, 6) is 0.219. The highest BCUT2D eigenvalue weighted by atomic mass is 35.5. The summed E-state index contributed by atoms with van der Waals surface area (Å²) in [6.07, 6.45) is 3.43. The highest BCUT2D eigenvalue weighted by Gasteiger charge is 2.60. The molecule has 4 rings (SSSR count). The molecule has 1 aromatic rings. The molecular formula is C21H25ClN4O2S. The zero-order valence-corrected chi connectivity index (χ0v) is 18.4. The van der Waals surface area contributed by atoms with Crippen molar-refractivity contribution in [3.05, 3.63) is 29.3 Å². The van der Waals surface area contributed by atoms with Gasteiger partial charge in [-0.2, -0.15) is 5.10 Å². The average Bonchev–Trinajstić information content (AvgIpc) is 3.18. The van der Waals surface area contributed by atoms with Gasteiger partial charge in [0.05, 0.1) is 0 Å². The van der Waals surface area contributed by atoms with Gasteiger partial charge in [-0.15, -0.1) is 5.10 Å². The number of nitrogens with one attached hydrogen (secondary N) is 2. The van der Waals surface area contributed by atoms with Crippen molar-refractivity contribution in [3.8, 4) is 0 Å². The molecule has 0 aromatic heterocycles. The molecule has 2 saturated carbocycles. The van der Waals surface area contributed by atoms with E-state index in [-0.39, 0.29) is 29.1 Å². The molecule has 3 atom stereocenters. The van der Waals surface area contributed by atoms with Crippen LogP contribution in [-0.2, 0) is 9.59 Å². The Morgan fingerprint density at radius 1 is 1.28 bits per heavy atom. The van der Waals surface area contributed by atoms with Gasteiger partial charge in [-0.25, -0.2) is 0 Å². The topological polar surface area (TPSA) is 82.9 Å². The molecule has 3 fully saturated rings. The Morgan fingerprint density at radius 3 is 2.62 bits per heavy atom. The van der Waals surface area contributed by atoms with Gasteiger partial charge in [0.15, 0.2) is 5.17 Å². The van der Waals surface area contributed by atoms with E-state index in [1.54, 1.807) is 24.3 Å². The fourth-order valence-corrected chi connectivity index (χ4v) is 5.73. The average molecular weight is 433 g/mol. The number of thioether (sulfide) groups is 1. The van der Waals surface area contributed by atoms with Crippen molar-refractivity contribution in [2.24, 2.45) is 27.0 Å². The maximum Gasteiger partial charge on any atom is 0.240 e. The van der Waals surface area contributed by atoms with E-state index in [9.17, 15) is 9.59 Å². The zero-order chi connectivity index (χ0) is 20.8.